The van der Waals surface area contributed by atoms with Gasteiger partial charge in [0.1, 0.15) is 0 Å². The lowest BCUT2D eigenvalue weighted by atomic mass is 10.1. The average molecular weight is 314 g/mol. The highest BCUT2D eigenvalue weighted by atomic mass is 79.9. The molecule has 0 amide bonds. The summed E-state index contributed by atoms with van der Waals surface area (Å²) >= 11 is 3.27. The fourth-order valence-electron chi connectivity index (χ4n) is 2.11. The van der Waals surface area contributed by atoms with Crippen molar-refractivity contribution < 1.29 is 14.6 Å². The van der Waals surface area contributed by atoms with Crippen LogP contribution in [-0.4, -0.2) is 30.8 Å². The normalized spacial score (nSPS) is 18.8. The summed E-state index contributed by atoms with van der Waals surface area (Å²) < 4.78 is 5.91. The second-order valence-electron chi connectivity index (χ2n) is 4.41. The van der Waals surface area contributed by atoms with Gasteiger partial charge in [-0.25, -0.2) is 4.79 Å². The van der Waals surface area contributed by atoms with Gasteiger partial charge < -0.3 is 15.2 Å². The summed E-state index contributed by atoms with van der Waals surface area (Å²) in [5.41, 5.74) is 0.955. The highest BCUT2D eigenvalue weighted by molar-refractivity contribution is 9.10. The molecule has 0 spiro atoms. The molecule has 1 saturated heterocycles. The number of carboxylic acid groups (broad SMARTS) is 1. The Bertz CT molecular complexity index is 430. The maximum absolute atomic E-state index is 11.2. The van der Waals surface area contributed by atoms with Crippen molar-refractivity contribution >= 4 is 27.6 Å². The summed E-state index contributed by atoms with van der Waals surface area (Å²) in [5.74, 6) is -0.327. The number of halogens is 1. The summed E-state index contributed by atoms with van der Waals surface area (Å²) in [6.45, 7) is 2.44. The van der Waals surface area contributed by atoms with Crippen LogP contribution in [0.4, 0.5) is 5.69 Å². The molecule has 1 unspecified atom stereocenters. The minimum absolute atomic E-state index is 0.292. The van der Waals surface area contributed by atoms with Crippen molar-refractivity contribution in [3.8, 4) is 0 Å². The average Bonchev–Trinajstić information content (AvgIpc) is 2.81. The first-order valence-electron chi connectivity index (χ1n) is 6.02. The van der Waals surface area contributed by atoms with E-state index in [1.165, 1.54) is 0 Å². The van der Waals surface area contributed by atoms with Crippen LogP contribution >= 0.6 is 15.9 Å². The topological polar surface area (TPSA) is 58.6 Å². The van der Waals surface area contributed by atoms with E-state index in [2.05, 4.69) is 21.2 Å². The Morgan fingerprint density at radius 2 is 2.39 bits per heavy atom. The van der Waals surface area contributed by atoms with Crippen molar-refractivity contribution in [3.05, 3.63) is 28.2 Å². The van der Waals surface area contributed by atoms with Crippen LogP contribution in [0.1, 0.15) is 23.2 Å². The number of rotatable bonds is 5. The van der Waals surface area contributed by atoms with Gasteiger partial charge in [-0.05, 0) is 46.8 Å². The van der Waals surface area contributed by atoms with Gasteiger partial charge in [0.25, 0.3) is 0 Å². The predicted molar refractivity (Wildman–Crippen MR) is 73.1 cm³/mol. The van der Waals surface area contributed by atoms with Gasteiger partial charge in [-0.2, -0.15) is 0 Å². The monoisotopic (exact) mass is 313 g/mol. The minimum Gasteiger partial charge on any atom is -0.478 e. The third kappa shape index (κ3) is 3.23. The SMILES string of the molecule is O=C(O)c1c(Br)cccc1NCCC1CCOC1. The van der Waals surface area contributed by atoms with E-state index < -0.39 is 5.97 Å². The van der Waals surface area contributed by atoms with Crippen LogP contribution in [0.15, 0.2) is 22.7 Å². The molecule has 2 N–H and O–H groups in total. The highest BCUT2D eigenvalue weighted by Crippen LogP contribution is 2.25. The molecule has 4 nitrogen and oxygen atoms in total. The van der Waals surface area contributed by atoms with Crippen LogP contribution in [-0.2, 0) is 4.74 Å². The van der Waals surface area contributed by atoms with Gasteiger partial charge in [-0.15, -0.1) is 0 Å². The summed E-state index contributed by atoms with van der Waals surface area (Å²) in [6.07, 6.45) is 2.11. The van der Waals surface area contributed by atoms with E-state index in [9.17, 15) is 4.79 Å². The van der Waals surface area contributed by atoms with Gasteiger partial charge in [0, 0.05) is 29.9 Å². The molecule has 1 heterocycles. The maximum atomic E-state index is 11.2. The molecule has 0 saturated carbocycles. The van der Waals surface area contributed by atoms with Gasteiger partial charge in [0.15, 0.2) is 0 Å². The van der Waals surface area contributed by atoms with Crippen molar-refractivity contribution in [2.75, 3.05) is 25.1 Å². The lowest BCUT2D eigenvalue weighted by Gasteiger charge is -2.12. The Morgan fingerprint density at radius 3 is 3.06 bits per heavy atom. The van der Waals surface area contributed by atoms with E-state index in [0.29, 0.717) is 21.6 Å². The van der Waals surface area contributed by atoms with Crippen molar-refractivity contribution in [3.63, 3.8) is 0 Å². The second-order valence-corrected chi connectivity index (χ2v) is 5.27. The van der Waals surface area contributed by atoms with E-state index in [4.69, 9.17) is 9.84 Å². The number of carbonyl (C=O) groups is 1. The van der Waals surface area contributed by atoms with Crippen LogP contribution in [0.2, 0.25) is 0 Å². The van der Waals surface area contributed by atoms with Gasteiger partial charge in [0.2, 0.25) is 0 Å². The molecule has 1 atom stereocenters. The number of benzene rings is 1. The zero-order chi connectivity index (χ0) is 13.0. The third-order valence-corrected chi connectivity index (χ3v) is 3.78. The molecule has 1 fully saturated rings. The summed E-state index contributed by atoms with van der Waals surface area (Å²) in [6, 6.07) is 5.36. The molecule has 2 rings (SSSR count). The van der Waals surface area contributed by atoms with Crippen molar-refractivity contribution in [2.45, 2.75) is 12.8 Å². The molecule has 1 aromatic carbocycles. The quantitative estimate of drug-likeness (QED) is 0.877. The molecular formula is C13H16BrNO3. The number of hydrogen-bond donors (Lipinski definition) is 2. The first kappa shape index (κ1) is 13.4. The first-order valence-corrected chi connectivity index (χ1v) is 6.81. The molecule has 0 bridgehead atoms. The highest BCUT2D eigenvalue weighted by Gasteiger charge is 2.16. The largest absolute Gasteiger partial charge is 0.478 e. The fourth-order valence-corrected chi connectivity index (χ4v) is 2.65. The van der Waals surface area contributed by atoms with E-state index in [0.717, 1.165) is 32.6 Å². The van der Waals surface area contributed by atoms with Crippen LogP contribution in [0.3, 0.4) is 0 Å². The zero-order valence-electron chi connectivity index (χ0n) is 9.99. The molecule has 5 heteroatoms. The Labute approximate surface area is 114 Å². The molecule has 18 heavy (non-hydrogen) atoms. The molecule has 0 radical (unpaired) electrons. The summed E-state index contributed by atoms with van der Waals surface area (Å²) in [5, 5.41) is 12.4. The van der Waals surface area contributed by atoms with Gasteiger partial charge in [-0.1, -0.05) is 6.07 Å². The van der Waals surface area contributed by atoms with E-state index >= 15 is 0 Å². The number of ether oxygens (including phenoxy) is 1. The number of carboxylic acids is 1. The molecule has 0 aliphatic carbocycles. The molecule has 0 aromatic heterocycles. The fraction of sp³-hybridized carbons (Fsp3) is 0.462. The third-order valence-electron chi connectivity index (χ3n) is 3.12. The maximum Gasteiger partial charge on any atom is 0.338 e. The Hall–Kier alpha value is -1.07. The Kier molecular flexibility index (Phi) is 4.60. The minimum atomic E-state index is -0.922. The van der Waals surface area contributed by atoms with Gasteiger partial charge in [0.05, 0.1) is 5.56 Å². The Balaban J connectivity index is 1.96. The zero-order valence-corrected chi connectivity index (χ0v) is 11.6. The number of nitrogens with one attached hydrogen (secondary N) is 1. The van der Waals surface area contributed by atoms with E-state index in [1.807, 2.05) is 6.07 Å². The number of anilines is 1. The van der Waals surface area contributed by atoms with Crippen molar-refractivity contribution in [2.24, 2.45) is 5.92 Å². The molecule has 1 aliphatic heterocycles. The summed E-state index contributed by atoms with van der Waals surface area (Å²) in [4.78, 5) is 11.2. The van der Waals surface area contributed by atoms with E-state index in [-0.39, 0.29) is 0 Å². The smallest absolute Gasteiger partial charge is 0.338 e. The second kappa shape index (κ2) is 6.20. The number of hydrogen-bond acceptors (Lipinski definition) is 3. The standard InChI is InChI=1S/C13H16BrNO3/c14-10-2-1-3-11(12(10)13(16)17)15-6-4-9-5-7-18-8-9/h1-3,9,15H,4-8H2,(H,16,17). The van der Waals surface area contributed by atoms with E-state index in [1.54, 1.807) is 12.1 Å². The van der Waals surface area contributed by atoms with Crippen molar-refractivity contribution in [1.82, 2.24) is 0 Å². The molecule has 98 valence electrons. The van der Waals surface area contributed by atoms with Crippen LogP contribution in [0.5, 0.6) is 0 Å². The first-order chi connectivity index (χ1) is 8.68. The van der Waals surface area contributed by atoms with Crippen LogP contribution < -0.4 is 5.32 Å². The lowest BCUT2D eigenvalue weighted by molar-refractivity contribution is 0.0697. The summed E-state index contributed by atoms with van der Waals surface area (Å²) in [7, 11) is 0. The lowest BCUT2D eigenvalue weighted by Crippen LogP contribution is -2.12. The molecular weight excluding hydrogens is 298 g/mol. The molecule has 1 aromatic rings. The molecule has 1 aliphatic rings. The number of aromatic carboxylic acids is 1. The van der Waals surface area contributed by atoms with Crippen LogP contribution in [0, 0.1) is 5.92 Å². The van der Waals surface area contributed by atoms with Gasteiger partial charge >= 0.3 is 5.97 Å². The van der Waals surface area contributed by atoms with Gasteiger partial charge in [-0.3, -0.25) is 0 Å². The Morgan fingerprint density at radius 1 is 1.56 bits per heavy atom. The predicted octanol–water partition coefficient (Wildman–Crippen LogP) is 2.99. The van der Waals surface area contributed by atoms with Crippen molar-refractivity contribution in [1.29, 1.82) is 0 Å². The van der Waals surface area contributed by atoms with Crippen LogP contribution in [0.25, 0.3) is 0 Å².